The van der Waals surface area contributed by atoms with Crippen molar-refractivity contribution in [3.8, 4) is 0 Å². The van der Waals surface area contributed by atoms with Gasteiger partial charge in [0.15, 0.2) is 0 Å². The maximum Gasteiger partial charge on any atom is 0.416 e. The van der Waals surface area contributed by atoms with Gasteiger partial charge in [0.25, 0.3) is 0 Å². The number of nitrogens with zero attached hydrogens (tertiary/aromatic N) is 5. The minimum atomic E-state index is -4.41. The van der Waals surface area contributed by atoms with E-state index < -0.39 is 11.7 Å². The zero-order chi connectivity index (χ0) is 27.4. The molecule has 0 bridgehead atoms. The Morgan fingerprint density at radius 3 is 2.16 bits per heavy atom. The number of halogens is 4. The largest absolute Gasteiger partial charge is 0.416 e. The van der Waals surface area contributed by atoms with Crippen LogP contribution in [-0.4, -0.2) is 52.1 Å². The Kier molecular flexibility index (Phi) is 8.37. The maximum absolute atomic E-state index is 12.9. The number of piperazine rings is 1. The number of hydrogen-bond donors (Lipinski definition) is 2. The van der Waals surface area contributed by atoms with E-state index >= 15 is 0 Å². The van der Waals surface area contributed by atoms with Gasteiger partial charge in [0.2, 0.25) is 17.0 Å². The first kappa shape index (κ1) is 27.6. The molecule has 1 aliphatic rings. The first-order valence-electron chi connectivity index (χ1n) is 11.9. The first-order chi connectivity index (χ1) is 18.0. The topological polar surface area (TPSA) is 68.7 Å². The van der Waals surface area contributed by atoms with Crippen LogP contribution < -0.4 is 15.5 Å². The fourth-order valence-corrected chi connectivity index (χ4v) is 4.50. The molecule has 1 aromatic heterocycles. The van der Waals surface area contributed by atoms with Crippen molar-refractivity contribution in [2.75, 3.05) is 41.7 Å². The molecular formula is C26H27ClF3N7S. The van der Waals surface area contributed by atoms with Crippen LogP contribution in [-0.2, 0) is 6.18 Å². The van der Waals surface area contributed by atoms with E-state index in [9.17, 15) is 13.2 Å². The summed E-state index contributed by atoms with van der Waals surface area (Å²) in [7, 11) is 0. The third-order valence-electron chi connectivity index (χ3n) is 5.97. The third kappa shape index (κ3) is 7.11. The van der Waals surface area contributed by atoms with Crippen molar-refractivity contribution in [3.63, 3.8) is 0 Å². The Balaban J connectivity index is 1.53. The predicted octanol–water partition coefficient (Wildman–Crippen LogP) is 6.06. The highest BCUT2D eigenvalue weighted by Crippen LogP contribution is 2.30. The van der Waals surface area contributed by atoms with Crippen LogP contribution >= 0.6 is 23.8 Å². The van der Waals surface area contributed by atoms with Crippen molar-refractivity contribution >= 4 is 52.2 Å². The number of aliphatic imine (C=N–C) groups is 1. The van der Waals surface area contributed by atoms with Gasteiger partial charge in [0.1, 0.15) is 0 Å². The summed E-state index contributed by atoms with van der Waals surface area (Å²) in [5.41, 5.74) is 3.48. The second-order valence-electron chi connectivity index (χ2n) is 8.94. The maximum atomic E-state index is 12.9. The molecule has 3 aromatic rings. The number of nitrogens with one attached hydrogen (secondary N) is 2. The highest BCUT2D eigenvalue weighted by atomic mass is 35.5. The second kappa shape index (κ2) is 11.5. The summed E-state index contributed by atoms with van der Waals surface area (Å²) in [5, 5.41) is 6.85. The number of hydrogen-bond acceptors (Lipinski definition) is 4. The normalized spacial score (nSPS) is 14.4. The number of aromatic nitrogens is 2. The molecule has 0 spiro atoms. The molecule has 1 aliphatic heterocycles. The molecule has 0 amide bonds. The molecule has 2 heterocycles. The Morgan fingerprint density at radius 2 is 1.55 bits per heavy atom. The summed E-state index contributed by atoms with van der Waals surface area (Å²) in [6.07, 6.45) is -4.41. The summed E-state index contributed by atoms with van der Waals surface area (Å²) in [6.45, 7) is 8.49. The van der Waals surface area contributed by atoms with Crippen molar-refractivity contribution in [1.82, 2.24) is 14.9 Å². The molecule has 4 rings (SSSR count). The Bertz CT molecular complexity index is 1320. The van der Waals surface area contributed by atoms with Crippen LogP contribution in [0.4, 0.5) is 30.5 Å². The van der Waals surface area contributed by atoms with Crippen LogP contribution in [0.3, 0.4) is 0 Å². The van der Waals surface area contributed by atoms with Gasteiger partial charge in [-0.15, -0.1) is 0 Å². The van der Waals surface area contributed by atoms with Crippen LogP contribution in [0, 0.1) is 20.8 Å². The van der Waals surface area contributed by atoms with Gasteiger partial charge in [-0.05, 0) is 81.0 Å². The fraction of sp³-hybridized carbons (Fsp3) is 0.308. The van der Waals surface area contributed by atoms with Gasteiger partial charge < -0.3 is 15.1 Å². The van der Waals surface area contributed by atoms with E-state index in [0.29, 0.717) is 48.8 Å². The molecule has 0 unspecified atom stereocenters. The molecule has 0 atom stereocenters. The summed E-state index contributed by atoms with van der Waals surface area (Å²) < 4.78 is 38.7. The molecule has 2 N–H and O–H groups in total. The number of anilines is 3. The molecule has 7 nitrogen and oxygen atoms in total. The molecule has 0 aliphatic carbocycles. The van der Waals surface area contributed by atoms with Crippen LogP contribution in [0.2, 0.25) is 5.02 Å². The van der Waals surface area contributed by atoms with E-state index in [2.05, 4.69) is 37.4 Å². The number of guanidine groups is 1. The highest BCUT2D eigenvalue weighted by Gasteiger charge is 2.30. The summed E-state index contributed by atoms with van der Waals surface area (Å²) >= 11 is 11.7. The van der Waals surface area contributed by atoms with Crippen molar-refractivity contribution in [3.05, 3.63) is 76.1 Å². The average molecular weight is 562 g/mol. The van der Waals surface area contributed by atoms with Gasteiger partial charge in [-0.1, -0.05) is 17.7 Å². The van der Waals surface area contributed by atoms with E-state index in [1.807, 2.05) is 43.0 Å². The molecule has 12 heteroatoms. The second-order valence-corrected chi connectivity index (χ2v) is 9.77. The fourth-order valence-electron chi connectivity index (χ4n) is 4.13. The smallest absolute Gasteiger partial charge is 0.368 e. The van der Waals surface area contributed by atoms with Crippen molar-refractivity contribution in [2.24, 2.45) is 4.99 Å². The molecule has 200 valence electrons. The average Bonchev–Trinajstić information content (AvgIpc) is 2.84. The van der Waals surface area contributed by atoms with E-state index in [-0.39, 0.29) is 5.11 Å². The minimum Gasteiger partial charge on any atom is -0.368 e. The lowest BCUT2D eigenvalue weighted by Gasteiger charge is -2.38. The summed E-state index contributed by atoms with van der Waals surface area (Å²) in [6, 6.07) is 12.3. The molecule has 0 radical (unpaired) electrons. The number of thiocarbonyl (C=S) groups is 1. The zero-order valence-electron chi connectivity index (χ0n) is 21.1. The van der Waals surface area contributed by atoms with Crippen LogP contribution in [0.5, 0.6) is 0 Å². The van der Waals surface area contributed by atoms with Gasteiger partial charge in [0, 0.05) is 54.0 Å². The van der Waals surface area contributed by atoms with Gasteiger partial charge in [-0.2, -0.15) is 18.2 Å². The van der Waals surface area contributed by atoms with Crippen LogP contribution in [0.25, 0.3) is 0 Å². The molecule has 0 saturated carbocycles. The molecule has 2 aromatic carbocycles. The molecule has 38 heavy (non-hydrogen) atoms. The molecule has 1 saturated heterocycles. The number of alkyl halides is 3. The third-order valence-corrected chi connectivity index (χ3v) is 6.40. The predicted molar refractivity (Wildman–Crippen MR) is 150 cm³/mol. The van der Waals surface area contributed by atoms with Gasteiger partial charge in [-0.25, -0.2) is 9.97 Å². The van der Waals surface area contributed by atoms with Crippen LogP contribution in [0.1, 0.15) is 22.5 Å². The monoisotopic (exact) mass is 561 g/mol. The molecular weight excluding hydrogens is 535 g/mol. The van der Waals surface area contributed by atoms with Crippen LogP contribution in [0.15, 0.2) is 53.5 Å². The van der Waals surface area contributed by atoms with Gasteiger partial charge >= 0.3 is 6.18 Å². The first-order valence-corrected chi connectivity index (χ1v) is 12.7. The van der Waals surface area contributed by atoms with Crippen molar-refractivity contribution < 1.29 is 13.2 Å². The molecule has 1 fully saturated rings. The zero-order valence-corrected chi connectivity index (χ0v) is 22.7. The SMILES string of the molecule is Cc1cc(C)nc(N/C(=N/C(=S)Nc2ccc(C(F)(F)F)cc2)N2CCN(c3cc(Cl)ccc3C)CC2)n1. The standard InChI is InChI=1S/C26H27ClF3N7S/c1-16-4-7-20(27)15-22(16)36-10-12-37(13-11-36)24(34-23-31-17(2)14-18(3)32-23)35-25(38)33-21-8-5-19(6-9-21)26(28,29)30/h4-9,14-15H,10-13H2,1-3H3,(H2,31,32,33,34,35,38). The van der Waals surface area contributed by atoms with E-state index in [1.165, 1.54) is 12.1 Å². The minimum absolute atomic E-state index is 0.0877. The van der Waals surface area contributed by atoms with Gasteiger partial charge in [-0.3, -0.25) is 5.32 Å². The quantitative estimate of drug-likeness (QED) is 0.229. The van der Waals surface area contributed by atoms with Crippen molar-refractivity contribution in [2.45, 2.75) is 26.9 Å². The number of rotatable bonds is 3. The number of benzene rings is 2. The van der Waals surface area contributed by atoms with E-state index in [0.717, 1.165) is 34.8 Å². The lowest BCUT2D eigenvalue weighted by atomic mass is 10.1. The highest BCUT2D eigenvalue weighted by molar-refractivity contribution is 7.80. The summed E-state index contributed by atoms with van der Waals surface area (Å²) in [5.74, 6) is 0.827. The number of aryl methyl sites for hydroxylation is 3. The Morgan fingerprint density at radius 1 is 0.921 bits per heavy atom. The summed E-state index contributed by atoms with van der Waals surface area (Å²) in [4.78, 5) is 17.8. The van der Waals surface area contributed by atoms with E-state index in [4.69, 9.17) is 23.8 Å². The lowest BCUT2D eigenvalue weighted by Crippen LogP contribution is -2.51. The van der Waals surface area contributed by atoms with E-state index in [1.54, 1.807) is 0 Å². The Labute approximate surface area is 229 Å². The lowest BCUT2D eigenvalue weighted by molar-refractivity contribution is -0.137. The van der Waals surface area contributed by atoms with Gasteiger partial charge in [0.05, 0.1) is 5.56 Å². The van der Waals surface area contributed by atoms with Crippen molar-refractivity contribution in [1.29, 1.82) is 0 Å². The Hall–Kier alpha value is -3.44.